The minimum Gasteiger partial charge on any atom is -0.478 e. The van der Waals surface area contributed by atoms with Gasteiger partial charge in [0, 0.05) is 12.3 Å². The molecule has 1 aromatic carbocycles. The minimum absolute atomic E-state index is 0.0457. The number of aromatic carboxylic acids is 1. The molecule has 0 saturated carbocycles. The molecule has 2 aromatic rings. The molecular formula is C17H17NO5. The van der Waals surface area contributed by atoms with E-state index in [9.17, 15) is 14.4 Å². The fraction of sp³-hybridized carbons (Fsp3) is 0.235. The molecule has 0 radical (unpaired) electrons. The summed E-state index contributed by atoms with van der Waals surface area (Å²) in [6.45, 7) is 2.52. The topological polar surface area (TPSA) is 85.6 Å². The number of carboxylic acid groups (broad SMARTS) is 1. The molecule has 23 heavy (non-hydrogen) atoms. The first-order valence-corrected chi connectivity index (χ1v) is 7.21. The maximum Gasteiger partial charge on any atom is 0.338 e. The molecule has 6 heteroatoms. The van der Waals surface area contributed by atoms with E-state index in [0.717, 1.165) is 12.0 Å². The number of hydrogen-bond donors (Lipinski definition) is 1. The summed E-state index contributed by atoms with van der Waals surface area (Å²) in [5.41, 5.74) is 0.973. The molecule has 0 aliphatic rings. The molecule has 0 aliphatic heterocycles. The standard InChI is InChI=1S/C17H17NO5/c1-2-9-23-17(22)13-5-3-12(4-6-13)10-18-11-14(16(20)21)7-8-15(18)19/h3-8,11H,2,9-10H2,1H3,(H,20,21). The van der Waals surface area contributed by atoms with Crippen LogP contribution < -0.4 is 5.56 Å². The van der Waals surface area contributed by atoms with Crippen molar-refractivity contribution in [2.75, 3.05) is 6.61 Å². The van der Waals surface area contributed by atoms with Crippen LogP contribution in [0.3, 0.4) is 0 Å². The number of hydrogen-bond acceptors (Lipinski definition) is 4. The van der Waals surface area contributed by atoms with Crippen molar-refractivity contribution in [3.8, 4) is 0 Å². The Morgan fingerprint density at radius 2 is 1.74 bits per heavy atom. The normalized spacial score (nSPS) is 10.3. The van der Waals surface area contributed by atoms with Crippen molar-refractivity contribution in [2.24, 2.45) is 0 Å². The van der Waals surface area contributed by atoms with Crippen molar-refractivity contribution in [3.05, 3.63) is 69.6 Å². The van der Waals surface area contributed by atoms with Crippen molar-refractivity contribution in [1.29, 1.82) is 0 Å². The second-order valence-corrected chi connectivity index (χ2v) is 5.02. The summed E-state index contributed by atoms with van der Waals surface area (Å²) in [6.07, 6.45) is 2.06. The third-order valence-corrected chi connectivity index (χ3v) is 3.21. The highest BCUT2D eigenvalue weighted by atomic mass is 16.5. The molecule has 0 aliphatic carbocycles. The molecule has 0 unspecified atom stereocenters. The zero-order valence-electron chi connectivity index (χ0n) is 12.7. The van der Waals surface area contributed by atoms with Gasteiger partial charge in [0.1, 0.15) is 0 Å². The van der Waals surface area contributed by atoms with Crippen LogP contribution >= 0.6 is 0 Å². The first-order valence-electron chi connectivity index (χ1n) is 7.21. The van der Waals surface area contributed by atoms with Gasteiger partial charge in [-0.15, -0.1) is 0 Å². The van der Waals surface area contributed by atoms with E-state index in [1.807, 2.05) is 6.92 Å². The molecule has 0 spiro atoms. The SMILES string of the molecule is CCCOC(=O)c1ccc(Cn2cc(C(=O)O)ccc2=O)cc1. The molecule has 0 atom stereocenters. The van der Waals surface area contributed by atoms with Crippen molar-refractivity contribution < 1.29 is 19.4 Å². The van der Waals surface area contributed by atoms with Gasteiger partial charge < -0.3 is 14.4 Å². The number of carbonyl (C=O) groups is 2. The maximum absolute atomic E-state index is 11.8. The summed E-state index contributed by atoms with van der Waals surface area (Å²) in [7, 11) is 0. The summed E-state index contributed by atoms with van der Waals surface area (Å²) in [4.78, 5) is 34.4. The smallest absolute Gasteiger partial charge is 0.338 e. The zero-order valence-corrected chi connectivity index (χ0v) is 12.7. The third-order valence-electron chi connectivity index (χ3n) is 3.21. The van der Waals surface area contributed by atoms with Crippen LogP contribution in [0.15, 0.2) is 47.4 Å². The number of aromatic nitrogens is 1. The monoisotopic (exact) mass is 315 g/mol. The van der Waals surface area contributed by atoms with Gasteiger partial charge in [0.25, 0.3) is 5.56 Å². The van der Waals surface area contributed by atoms with E-state index >= 15 is 0 Å². The predicted molar refractivity (Wildman–Crippen MR) is 83.8 cm³/mol. The fourth-order valence-corrected chi connectivity index (χ4v) is 2.00. The highest BCUT2D eigenvalue weighted by Gasteiger charge is 2.08. The second-order valence-electron chi connectivity index (χ2n) is 5.02. The lowest BCUT2D eigenvalue weighted by Crippen LogP contribution is -2.20. The van der Waals surface area contributed by atoms with Crippen molar-refractivity contribution in [1.82, 2.24) is 4.57 Å². The van der Waals surface area contributed by atoms with Crippen LogP contribution in [0.5, 0.6) is 0 Å². The molecule has 1 N–H and O–H groups in total. The molecule has 0 bridgehead atoms. The summed E-state index contributed by atoms with van der Waals surface area (Å²) in [6, 6.07) is 9.16. The first kappa shape index (κ1) is 16.5. The van der Waals surface area contributed by atoms with E-state index in [0.29, 0.717) is 12.2 Å². The van der Waals surface area contributed by atoms with Crippen LogP contribution in [0.4, 0.5) is 0 Å². The number of ether oxygens (including phenoxy) is 1. The van der Waals surface area contributed by atoms with E-state index in [4.69, 9.17) is 9.84 Å². The van der Waals surface area contributed by atoms with Crippen LogP contribution in [0, 0.1) is 0 Å². The van der Waals surface area contributed by atoms with Gasteiger partial charge in [-0.05, 0) is 30.2 Å². The number of carboxylic acids is 1. The molecule has 1 aromatic heterocycles. The van der Waals surface area contributed by atoms with E-state index in [1.165, 1.54) is 22.9 Å². The first-order chi connectivity index (χ1) is 11.0. The summed E-state index contributed by atoms with van der Waals surface area (Å²) in [5.74, 6) is -1.48. The van der Waals surface area contributed by atoms with Gasteiger partial charge >= 0.3 is 11.9 Å². The molecule has 0 fully saturated rings. The van der Waals surface area contributed by atoms with Crippen molar-refractivity contribution >= 4 is 11.9 Å². The molecule has 2 rings (SSSR count). The highest BCUT2D eigenvalue weighted by Crippen LogP contribution is 2.08. The quantitative estimate of drug-likeness (QED) is 0.826. The fourth-order valence-electron chi connectivity index (χ4n) is 2.00. The lowest BCUT2D eigenvalue weighted by Gasteiger charge is -2.08. The van der Waals surface area contributed by atoms with E-state index < -0.39 is 5.97 Å². The van der Waals surface area contributed by atoms with Gasteiger partial charge in [-0.25, -0.2) is 9.59 Å². The number of benzene rings is 1. The number of esters is 1. The average molecular weight is 315 g/mol. The molecule has 0 amide bonds. The lowest BCUT2D eigenvalue weighted by atomic mass is 10.1. The Morgan fingerprint density at radius 3 is 2.35 bits per heavy atom. The predicted octanol–water partition coefficient (Wildman–Crippen LogP) is 2.16. The molecule has 6 nitrogen and oxygen atoms in total. The lowest BCUT2D eigenvalue weighted by molar-refractivity contribution is 0.0504. The van der Waals surface area contributed by atoms with Gasteiger partial charge in [-0.3, -0.25) is 4.79 Å². The highest BCUT2D eigenvalue weighted by molar-refractivity contribution is 5.89. The van der Waals surface area contributed by atoms with Gasteiger partial charge in [-0.2, -0.15) is 0 Å². The Bertz CT molecular complexity index is 761. The van der Waals surface area contributed by atoms with Crippen LogP contribution in [0.25, 0.3) is 0 Å². The maximum atomic E-state index is 11.8. The molecule has 120 valence electrons. The van der Waals surface area contributed by atoms with Gasteiger partial charge in [0.15, 0.2) is 0 Å². The van der Waals surface area contributed by atoms with Gasteiger partial charge in [-0.1, -0.05) is 19.1 Å². The zero-order chi connectivity index (χ0) is 16.8. The Hall–Kier alpha value is -2.89. The van der Waals surface area contributed by atoms with Crippen LogP contribution in [0.1, 0.15) is 39.6 Å². The Labute approximate surface area is 133 Å². The third kappa shape index (κ3) is 4.29. The van der Waals surface area contributed by atoms with Gasteiger partial charge in [0.2, 0.25) is 0 Å². The van der Waals surface area contributed by atoms with E-state index in [2.05, 4.69) is 0 Å². The minimum atomic E-state index is -1.09. The van der Waals surface area contributed by atoms with E-state index in [1.54, 1.807) is 24.3 Å². The average Bonchev–Trinajstić information content (AvgIpc) is 2.55. The van der Waals surface area contributed by atoms with Gasteiger partial charge in [0.05, 0.1) is 24.3 Å². The number of carbonyl (C=O) groups excluding carboxylic acids is 1. The largest absolute Gasteiger partial charge is 0.478 e. The summed E-state index contributed by atoms with van der Waals surface area (Å²) >= 11 is 0. The Kier molecular flexibility index (Phi) is 5.30. The Balaban J connectivity index is 2.15. The van der Waals surface area contributed by atoms with Crippen molar-refractivity contribution in [2.45, 2.75) is 19.9 Å². The molecule has 1 heterocycles. The summed E-state index contributed by atoms with van der Waals surface area (Å²) < 4.78 is 6.35. The van der Waals surface area contributed by atoms with Crippen LogP contribution in [0.2, 0.25) is 0 Å². The van der Waals surface area contributed by atoms with Crippen LogP contribution in [-0.2, 0) is 11.3 Å². The number of pyridine rings is 1. The number of rotatable bonds is 6. The van der Waals surface area contributed by atoms with Crippen LogP contribution in [-0.4, -0.2) is 28.2 Å². The Morgan fingerprint density at radius 1 is 1.09 bits per heavy atom. The molecule has 0 saturated heterocycles. The number of nitrogens with zero attached hydrogens (tertiary/aromatic N) is 1. The second kappa shape index (κ2) is 7.40. The molecular weight excluding hydrogens is 298 g/mol. The summed E-state index contributed by atoms with van der Waals surface area (Å²) in [5, 5.41) is 8.97. The van der Waals surface area contributed by atoms with Crippen molar-refractivity contribution in [3.63, 3.8) is 0 Å². The van der Waals surface area contributed by atoms with E-state index in [-0.39, 0.29) is 23.6 Å².